The Morgan fingerprint density at radius 2 is 2.08 bits per heavy atom. The third kappa shape index (κ3) is 4.75. The van der Waals surface area contributed by atoms with E-state index in [9.17, 15) is 9.90 Å². The van der Waals surface area contributed by atoms with Gasteiger partial charge in [0, 0.05) is 31.7 Å². The van der Waals surface area contributed by atoms with Gasteiger partial charge in [-0.2, -0.15) is 0 Å². The van der Waals surface area contributed by atoms with Crippen molar-refractivity contribution in [2.45, 2.75) is 57.6 Å². The molecule has 2 aliphatic heterocycles. The number of amides is 1. The SMILES string of the molecule is CC(C)(C)c1nnc(NC(=O)[C@@H]2C[C@@H](O)CN2CC2CCOCC2)s1. The Morgan fingerprint density at radius 1 is 1.36 bits per heavy atom. The highest BCUT2D eigenvalue weighted by molar-refractivity contribution is 7.15. The fourth-order valence-electron chi connectivity index (χ4n) is 3.38. The van der Waals surface area contributed by atoms with Crippen LogP contribution in [0.15, 0.2) is 0 Å². The summed E-state index contributed by atoms with van der Waals surface area (Å²) in [5.74, 6) is 0.434. The summed E-state index contributed by atoms with van der Waals surface area (Å²) < 4.78 is 5.41. The van der Waals surface area contributed by atoms with Crippen LogP contribution in [0.1, 0.15) is 45.0 Å². The van der Waals surface area contributed by atoms with Crippen molar-refractivity contribution >= 4 is 22.4 Å². The van der Waals surface area contributed by atoms with Crippen LogP contribution in [-0.2, 0) is 14.9 Å². The molecule has 2 atom stereocenters. The number of aliphatic hydroxyl groups excluding tert-OH is 1. The first kappa shape index (κ1) is 18.7. The number of nitrogens with one attached hydrogen (secondary N) is 1. The molecule has 0 saturated carbocycles. The lowest BCUT2D eigenvalue weighted by atomic mass is 9.98. The molecule has 2 fully saturated rings. The molecule has 7 nitrogen and oxygen atoms in total. The minimum Gasteiger partial charge on any atom is -0.392 e. The Bertz CT molecular complexity index is 595. The maximum atomic E-state index is 12.7. The van der Waals surface area contributed by atoms with Crippen LogP contribution in [0.2, 0.25) is 0 Å². The molecule has 0 unspecified atom stereocenters. The molecule has 0 bridgehead atoms. The van der Waals surface area contributed by atoms with Gasteiger partial charge < -0.3 is 9.84 Å². The maximum absolute atomic E-state index is 12.7. The molecule has 2 aliphatic rings. The number of carbonyl (C=O) groups is 1. The molecular weight excluding hydrogens is 340 g/mol. The number of aromatic nitrogens is 2. The number of β-amino-alcohol motifs (C(OH)–C–C–N with tert-alkyl or cyclic N) is 1. The lowest BCUT2D eigenvalue weighted by Gasteiger charge is -2.29. The normalized spacial score (nSPS) is 26.1. The summed E-state index contributed by atoms with van der Waals surface area (Å²) in [6.07, 6.45) is 2.06. The van der Waals surface area contributed by atoms with Crippen LogP contribution in [-0.4, -0.2) is 64.6 Å². The largest absolute Gasteiger partial charge is 0.392 e. The second-order valence-electron chi connectivity index (χ2n) is 8.07. The Balaban J connectivity index is 1.61. The van der Waals surface area contributed by atoms with Crippen LogP contribution in [0.3, 0.4) is 0 Å². The third-order valence-electron chi connectivity index (χ3n) is 4.81. The van der Waals surface area contributed by atoms with Crippen LogP contribution < -0.4 is 5.32 Å². The van der Waals surface area contributed by atoms with Crippen molar-refractivity contribution in [1.82, 2.24) is 15.1 Å². The van der Waals surface area contributed by atoms with Gasteiger partial charge >= 0.3 is 0 Å². The van der Waals surface area contributed by atoms with Crippen molar-refractivity contribution in [3.05, 3.63) is 5.01 Å². The zero-order chi connectivity index (χ0) is 18.0. The van der Waals surface area contributed by atoms with Gasteiger partial charge in [0.2, 0.25) is 11.0 Å². The number of carbonyl (C=O) groups excluding carboxylic acids is 1. The fraction of sp³-hybridized carbons (Fsp3) is 0.824. The molecule has 1 aromatic rings. The van der Waals surface area contributed by atoms with Crippen LogP contribution >= 0.6 is 11.3 Å². The minimum atomic E-state index is -0.449. The van der Waals surface area contributed by atoms with Crippen LogP contribution in [0.25, 0.3) is 0 Å². The quantitative estimate of drug-likeness (QED) is 0.840. The number of hydrogen-bond acceptors (Lipinski definition) is 7. The van der Waals surface area contributed by atoms with Crippen molar-refractivity contribution in [2.75, 3.05) is 31.6 Å². The summed E-state index contributed by atoms with van der Waals surface area (Å²) in [6, 6.07) is -0.306. The third-order valence-corrected chi connectivity index (χ3v) is 6.08. The van der Waals surface area contributed by atoms with Crippen LogP contribution in [0.5, 0.6) is 0 Å². The van der Waals surface area contributed by atoms with Crippen molar-refractivity contribution < 1.29 is 14.6 Å². The molecule has 1 aromatic heterocycles. The molecule has 8 heteroatoms. The number of likely N-dealkylation sites (tertiary alicyclic amines) is 1. The van der Waals surface area contributed by atoms with Gasteiger partial charge in [0.15, 0.2) is 0 Å². The summed E-state index contributed by atoms with van der Waals surface area (Å²) >= 11 is 1.41. The van der Waals surface area contributed by atoms with Crippen LogP contribution in [0.4, 0.5) is 5.13 Å². The van der Waals surface area contributed by atoms with E-state index >= 15 is 0 Å². The van der Waals surface area contributed by atoms with Crippen molar-refractivity contribution in [3.63, 3.8) is 0 Å². The Kier molecular flexibility index (Phi) is 5.72. The number of hydrogen-bond donors (Lipinski definition) is 2. The fourth-order valence-corrected chi connectivity index (χ4v) is 4.18. The van der Waals surface area contributed by atoms with Gasteiger partial charge in [-0.15, -0.1) is 10.2 Å². The summed E-state index contributed by atoms with van der Waals surface area (Å²) in [5, 5.41) is 22.6. The molecule has 0 aromatic carbocycles. The number of rotatable bonds is 4. The predicted octanol–water partition coefficient (Wildman–Crippen LogP) is 1.64. The lowest BCUT2D eigenvalue weighted by Crippen LogP contribution is -2.42. The highest BCUT2D eigenvalue weighted by atomic mass is 32.1. The van der Waals surface area contributed by atoms with E-state index in [2.05, 4.69) is 41.2 Å². The number of aliphatic hydroxyl groups is 1. The Labute approximate surface area is 152 Å². The van der Waals surface area contributed by atoms with Gasteiger partial charge in [-0.25, -0.2) is 0 Å². The summed E-state index contributed by atoms with van der Waals surface area (Å²) in [7, 11) is 0. The zero-order valence-corrected chi connectivity index (χ0v) is 16.0. The summed E-state index contributed by atoms with van der Waals surface area (Å²) in [5.41, 5.74) is -0.0840. The van der Waals surface area contributed by atoms with Crippen molar-refractivity contribution in [1.29, 1.82) is 0 Å². The van der Waals surface area contributed by atoms with E-state index in [0.717, 1.165) is 37.6 Å². The van der Waals surface area contributed by atoms with E-state index in [1.807, 2.05) is 0 Å². The number of anilines is 1. The van der Waals surface area contributed by atoms with Gasteiger partial charge in [-0.1, -0.05) is 32.1 Å². The van der Waals surface area contributed by atoms with E-state index in [4.69, 9.17) is 4.74 Å². The van der Waals surface area contributed by atoms with Gasteiger partial charge in [0.1, 0.15) is 5.01 Å². The summed E-state index contributed by atoms with van der Waals surface area (Å²) in [6.45, 7) is 9.18. The molecule has 0 radical (unpaired) electrons. The highest BCUT2D eigenvalue weighted by Gasteiger charge is 2.37. The topological polar surface area (TPSA) is 87.6 Å². The minimum absolute atomic E-state index is 0.0840. The second kappa shape index (κ2) is 7.65. The highest BCUT2D eigenvalue weighted by Crippen LogP contribution is 2.29. The van der Waals surface area contributed by atoms with E-state index < -0.39 is 6.10 Å². The van der Waals surface area contributed by atoms with E-state index in [0.29, 0.717) is 24.0 Å². The van der Waals surface area contributed by atoms with Crippen molar-refractivity contribution in [2.24, 2.45) is 5.92 Å². The molecule has 140 valence electrons. The van der Waals surface area contributed by atoms with Gasteiger partial charge in [0.05, 0.1) is 12.1 Å². The monoisotopic (exact) mass is 368 g/mol. The van der Waals surface area contributed by atoms with E-state index in [1.165, 1.54) is 11.3 Å². The first-order valence-electron chi connectivity index (χ1n) is 8.97. The Morgan fingerprint density at radius 3 is 2.72 bits per heavy atom. The standard InChI is InChI=1S/C17H28N4O3S/c1-17(2,3)15-19-20-16(25-15)18-14(23)13-8-12(22)10-21(13)9-11-4-6-24-7-5-11/h11-13,22H,4-10H2,1-3H3,(H,18,20,23)/t12-,13+/m1/s1. The van der Waals surface area contributed by atoms with Crippen LogP contribution in [0, 0.1) is 5.92 Å². The molecule has 1 amide bonds. The summed E-state index contributed by atoms with van der Waals surface area (Å²) in [4.78, 5) is 14.8. The van der Waals surface area contributed by atoms with E-state index in [1.54, 1.807) is 0 Å². The lowest BCUT2D eigenvalue weighted by molar-refractivity contribution is -0.120. The molecule has 2 saturated heterocycles. The zero-order valence-electron chi connectivity index (χ0n) is 15.2. The first-order chi connectivity index (χ1) is 11.8. The molecule has 3 heterocycles. The predicted molar refractivity (Wildman–Crippen MR) is 96.8 cm³/mol. The molecule has 25 heavy (non-hydrogen) atoms. The molecule has 0 spiro atoms. The number of nitrogens with zero attached hydrogens (tertiary/aromatic N) is 3. The smallest absolute Gasteiger partial charge is 0.243 e. The second-order valence-corrected chi connectivity index (χ2v) is 9.04. The van der Waals surface area contributed by atoms with Crippen molar-refractivity contribution in [3.8, 4) is 0 Å². The average molecular weight is 369 g/mol. The van der Waals surface area contributed by atoms with Gasteiger partial charge in [-0.3, -0.25) is 15.0 Å². The average Bonchev–Trinajstić information content (AvgIpc) is 3.15. The van der Waals surface area contributed by atoms with Gasteiger partial charge in [0.25, 0.3) is 0 Å². The molecule has 0 aliphatic carbocycles. The van der Waals surface area contributed by atoms with E-state index in [-0.39, 0.29) is 17.4 Å². The Hall–Kier alpha value is -1.09. The molecule has 3 rings (SSSR count). The maximum Gasteiger partial charge on any atom is 0.243 e. The first-order valence-corrected chi connectivity index (χ1v) is 9.79. The number of ether oxygens (including phenoxy) is 1. The molecule has 2 N–H and O–H groups in total. The molecular formula is C17H28N4O3S. The van der Waals surface area contributed by atoms with Gasteiger partial charge in [-0.05, 0) is 25.2 Å².